The largest absolute Gasteiger partial charge is 0.436 e. The number of alkyl halides is 3. The first kappa shape index (κ1) is 20.1. The Hall–Kier alpha value is -3.62. The molecular formula is C20H15F4N3O2. The van der Waals surface area contributed by atoms with Crippen LogP contribution in [-0.2, 0) is 6.18 Å². The van der Waals surface area contributed by atoms with Gasteiger partial charge in [0.15, 0.2) is 11.6 Å². The summed E-state index contributed by atoms with van der Waals surface area (Å²) in [7, 11) is 1.64. The van der Waals surface area contributed by atoms with Crippen LogP contribution >= 0.6 is 0 Å². The van der Waals surface area contributed by atoms with Gasteiger partial charge in [0.25, 0.3) is 0 Å². The first-order valence-corrected chi connectivity index (χ1v) is 8.31. The molecule has 3 rings (SSSR count). The second kappa shape index (κ2) is 7.78. The van der Waals surface area contributed by atoms with E-state index in [4.69, 9.17) is 10.5 Å². The van der Waals surface area contributed by atoms with E-state index >= 15 is 0 Å². The van der Waals surface area contributed by atoms with Gasteiger partial charge in [-0.3, -0.25) is 4.79 Å². The number of pyridine rings is 1. The Morgan fingerprint density at radius 2 is 1.86 bits per heavy atom. The zero-order valence-electron chi connectivity index (χ0n) is 15.0. The number of rotatable bonds is 5. The van der Waals surface area contributed by atoms with Crippen LogP contribution in [0.1, 0.15) is 15.9 Å². The number of nitrogens with zero attached hydrogens (tertiary/aromatic N) is 1. The maximum Gasteiger partial charge on any atom is 0.417 e. The predicted octanol–water partition coefficient (Wildman–Crippen LogP) is 4.84. The van der Waals surface area contributed by atoms with Gasteiger partial charge in [-0.2, -0.15) is 13.2 Å². The molecule has 2 aromatic carbocycles. The average Bonchev–Trinajstić information content (AvgIpc) is 2.69. The minimum absolute atomic E-state index is 0.00975. The molecule has 0 fully saturated rings. The summed E-state index contributed by atoms with van der Waals surface area (Å²) in [6.07, 6.45) is -3.50. The maximum atomic E-state index is 14.0. The second-order valence-corrected chi connectivity index (χ2v) is 6.00. The SMILES string of the molecule is CNc1ccc(Oc2ccc(-c3cc(C(N)=O)ccc3C(F)(F)F)cn2)c(F)c1. The minimum Gasteiger partial charge on any atom is -0.436 e. The van der Waals surface area contributed by atoms with Crippen LogP contribution in [0, 0.1) is 5.82 Å². The summed E-state index contributed by atoms with van der Waals surface area (Å²) in [4.78, 5) is 15.3. The molecule has 0 bridgehead atoms. The lowest BCUT2D eigenvalue weighted by atomic mass is 9.98. The normalized spacial score (nSPS) is 11.2. The van der Waals surface area contributed by atoms with E-state index in [0.717, 1.165) is 24.4 Å². The Kier molecular flexibility index (Phi) is 5.40. The van der Waals surface area contributed by atoms with Crippen molar-refractivity contribution < 1.29 is 27.1 Å². The number of nitrogens with one attached hydrogen (secondary N) is 1. The van der Waals surface area contributed by atoms with Gasteiger partial charge in [0.1, 0.15) is 0 Å². The molecule has 0 saturated heterocycles. The lowest BCUT2D eigenvalue weighted by Gasteiger charge is -2.14. The molecule has 3 N–H and O–H groups in total. The van der Waals surface area contributed by atoms with Crippen molar-refractivity contribution in [2.45, 2.75) is 6.18 Å². The molecule has 0 aliphatic heterocycles. The Bertz CT molecular complexity index is 1050. The Labute approximate surface area is 163 Å². The maximum absolute atomic E-state index is 14.0. The monoisotopic (exact) mass is 405 g/mol. The summed E-state index contributed by atoms with van der Waals surface area (Å²) >= 11 is 0. The summed E-state index contributed by atoms with van der Waals surface area (Å²) in [6, 6.07) is 9.71. The first-order valence-electron chi connectivity index (χ1n) is 8.31. The molecule has 3 aromatic rings. The number of primary amides is 1. The number of benzene rings is 2. The fraction of sp³-hybridized carbons (Fsp3) is 0.100. The van der Waals surface area contributed by atoms with E-state index in [9.17, 15) is 22.4 Å². The Morgan fingerprint density at radius 1 is 1.10 bits per heavy atom. The number of carbonyl (C=O) groups is 1. The number of aromatic nitrogens is 1. The van der Waals surface area contributed by atoms with Gasteiger partial charge in [-0.25, -0.2) is 9.37 Å². The van der Waals surface area contributed by atoms with Crippen molar-refractivity contribution in [2.75, 3.05) is 12.4 Å². The van der Waals surface area contributed by atoms with Crippen molar-refractivity contribution in [3.05, 3.63) is 71.7 Å². The van der Waals surface area contributed by atoms with Crippen LogP contribution in [0.2, 0.25) is 0 Å². The van der Waals surface area contributed by atoms with Crippen molar-refractivity contribution in [3.8, 4) is 22.8 Å². The predicted molar refractivity (Wildman–Crippen MR) is 99.2 cm³/mol. The number of halogens is 4. The zero-order valence-corrected chi connectivity index (χ0v) is 15.0. The highest BCUT2D eigenvalue weighted by atomic mass is 19.4. The van der Waals surface area contributed by atoms with Crippen LogP contribution in [-0.4, -0.2) is 17.9 Å². The van der Waals surface area contributed by atoms with E-state index in [0.29, 0.717) is 5.69 Å². The molecule has 0 unspecified atom stereocenters. The zero-order chi connectivity index (χ0) is 21.2. The Morgan fingerprint density at radius 3 is 2.41 bits per heavy atom. The van der Waals surface area contributed by atoms with Gasteiger partial charge in [-0.15, -0.1) is 0 Å². The molecule has 0 aliphatic rings. The number of ether oxygens (including phenoxy) is 1. The van der Waals surface area contributed by atoms with Crippen LogP contribution in [0.4, 0.5) is 23.2 Å². The molecule has 0 spiro atoms. The fourth-order valence-corrected chi connectivity index (χ4v) is 2.64. The van der Waals surface area contributed by atoms with Gasteiger partial charge in [-0.05, 0) is 42.0 Å². The average molecular weight is 405 g/mol. The first-order chi connectivity index (χ1) is 13.7. The molecule has 9 heteroatoms. The molecule has 0 atom stereocenters. The van der Waals surface area contributed by atoms with E-state index in [2.05, 4.69) is 10.3 Å². The molecule has 1 heterocycles. The summed E-state index contributed by atoms with van der Waals surface area (Å²) in [5, 5.41) is 2.78. The summed E-state index contributed by atoms with van der Waals surface area (Å²) in [6.45, 7) is 0. The number of carbonyl (C=O) groups excluding carboxylic acids is 1. The molecule has 1 aromatic heterocycles. The second-order valence-electron chi connectivity index (χ2n) is 6.00. The van der Waals surface area contributed by atoms with Crippen molar-refractivity contribution in [1.82, 2.24) is 4.98 Å². The third-order valence-electron chi connectivity index (χ3n) is 4.09. The summed E-state index contributed by atoms with van der Waals surface area (Å²) in [5.74, 6) is -1.58. The lowest BCUT2D eigenvalue weighted by molar-refractivity contribution is -0.137. The van der Waals surface area contributed by atoms with Gasteiger partial charge in [0.05, 0.1) is 5.56 Å². The number of amides is 1. The van der Waals surface area contributed by atoms with Crippen LogP contribution in [0.3, 0.4) is 0 Å². The Balaban J connectivity index is 1.94. The third-order valence-corrected chi connectivity index (χ3v) is 4.09. The third kappa shape index (κ3) is 4.45. The van der Waals surface area contributed by atoms with Crippen molar-refractivity contribution in [1.29, 1.82) is 0 Å². The molecule has 29 heavy (non-hydrogen) atoms. The van der Waals surface area contributed by atoms with Crippen LogP contribution < -0.4 is 15.8 Å². The molecule has 150 valence electrons. The topological polar surface area (TPSA) is 77.2 Å². The van der Waals surface area contributed by atoms with E-state index in [1.54, 1.807) is 13.1 Å². The highest BCUT2D eigenvalue weighted by Crippen LogP contribution is 2.38. The molecule has 0 aliphatic carbocycles. The fourth-order valence-electron chi connectivity index (χ4n) is 2.64. The van der Waals surface area contributed by atoms with E-state index in [-0.39, 0.29) is 28.3 Å². The van der Waals surface area contributed by atoms with Crippen LogP contribution in [0.15, 0.2) is 54.7 Å². The molecule has 0 radical (unpaired) electrons. The standard InChI is InChI=1S/C20H15F4N3O2/c1-26-13-4-6-17(16(21)9-13)29-18-7-3-12(10-27-18)14-8-11(19(25)28)2-5-15(14)20(22,23)24/h2-10,26H,1H3,(H2,25,28). The number of hydrogen-bond donors (Lipinski definition) is 2. The smallest absolute Gasteiger partial charge is 0.417 e. The van der Waals surface area contributed by atoms with Crippen molar-refractivity contribution in [2.24, 2.45) is 5.73 Å². The molecule has 5 nitrogen and oxygen atoms in total. The van der Waals surface area contributed by atoms with Gasteiger partial charge < -0.3 is 15.8 Å². The molecule has 0 saturated carbocycles. The van der Waals surface area contributed by atoms with Crippen LogP contribution in [0.5, 0.6) is 11.6 Å². The van der Waals surface area contributed by atoms with E-state index in [1.165, 1.54) is 24.3 Å². The van der Waals surface area contributed by atoms with Gasteiger partial charge >= 0.3 is 6.18 Å². The van der Waals surface area contributed by atoms with Crippen LogP contribution in [0.25, 0.3) is 11.1 Å². The number of nitrogens with two attached hydrogens (primary N) is 1. The van der Waals surface area contributed by atoms with E-state index in [1.807, 2.05) is 0 Å². The highest BCUT2D eigenvalue weighted by molar-refractivity contribution is 5.94. The minimum atomic E-state index is -4.64. The summed E-state index contributed by atoms with van der Waals surface area (Å²) < 4.78 is 59.4. The van der Waals surface area contributed by atoms with Crippen molar-refractivity contribution in [3.63, 3.8) is 0 Å². The van der Waals surface area contributed by atoms with Gasteiger partial charge in [0.2, 0.25) is 11.8 Å². The molecule has 1 amide bonds. The quantitative estimate of drug-likeness (QED) is 0.596. The highest BCUT2D eigenvalue weighted by Gasteiger charge is 2.34. The lowest BCUT2D eigenvalue weighted by Crippen LogP contribution is -2.13. The van der Waals surface area contributed by atoms with Gasteiger partial charge in [0, 0.05) is 42.2 Å². The number of hydrogen-bond acceptors (Lipinski definition) is 4. The van der Waals surface area contributed by atoms with E-state index < -0.39 is 23.5 Å². The summed E-state index contributed by atoms with van der Waals surface area (Å²) in [5.41, 5.74) is 4.55. The molecular weight excluding hydrogens is 390 g/mol. The van der Waals surface area contributed by atoms with Crippen molar-refractivity contribution >= 4 is 11.6 Å². The number of anilines is 1. The van der Waals surface area contributed by atoms with Gasteiger partial charge in [-0.1, -0.05) is 0 Å².